The summed E-state index contributed by atoms with van der Waals surface area (Å²) in [5, 5.41) is 0. The molecular weight excluding hydrogens is 220 g/mol. The zero-order chi connectivity index (χ0) is 12.4. The lowest BCUT2D eigenvalue weighted by atomic mass is 9.80. The summed E-state index contributed by atoms with van der Waals surface area (Å²) in [4.78, 5) is 4.23. The number of aromatic nitrogens is 1. The molecule has 1 aromatic carbocycles. The minimum atomic E-state index is -0.374. The van der Waals surface area contributed by atoms with Crippen molar-refractivity contribution >= 4 is 0 Å². The molecule has 0 aliphatic heterocycles. The third-order valence-electron chi connectivity index (χ3n) is 3.94. The highest BCUT2D eigenvalue weighted by molar-refractivity contribution is 5.42. The Labute approximate surface area is 108 Å². The fraction of sp³-hybridized carbons (Fsp3) is 0.312. The van der Waals surface area contributed by atoms with Gasteiger partial charge in [0.2, 0.25) is 0 Å². The zero-order valence-electron chi connectivity index (χ0n) is 10.5. The Hall–Kier alpha value is -1.67. The van der Waals surface area contributed by atoms with Gasteiger partial charge in [-0.3, -0.25) is 4.98 Å². The van der Waals surface area contributed by atoms with Crippen molar-refractivity contribution in [2.45, 2.75) is 31.2 Å². The Morgan fingerprint density at radius 1 is 1.06 bits per heavy atom. The first-order chi connectivity index (χ1) is 8.81. The largest absolute Gasteiger partial charge is 0.318 e. The van der Waals surface area contributed by atoms with Gasteiger partial charge in [-0.25, -0.2) is 0 Å². The summed E-state index contributed by atoms with van der Waals surface area (Å²) in [5.74, 6) is 0. The summed E-state index contributed by atoms with van der Waals surface area (Å²) >= 11 is 0. The van der Waals surface area contributed by atoms with E-state index < -0.39 is 0 Å². The minimum absolute atomic E-state index is 0.374. The smallest absolute Gasteiger partial charge is 0.0683 e. The van der Waals surface area contributed by atoms with E-state index in [1.807, 2.05) is 12.3 Å². The van der Waals surface area contributed by atoms with E-state index in [0.717, 1.165) is 18.4 Å². The van der Waals surface area contributed by atoms with Crippen LogP contribution in [0.4, 0.5) is 0 Å². The first-order valence-electron chi connectivity index (χ1n) is 6.58. The van der Waals surface area contributed by atoms with Crippen LogP contribution in [-0.2, 0) is 12.0 Å². The van der Waals surface area contributed by atoms with Crippen molar-refractivity contribution in [2.24, 2.45) is 5.73 Å². The van der Waals surface area contributed by atoms with Gasteiger partial charge in [-0.1, -0.05) is 36.8 Å². The maximum atomic E-state index is 6.75. The van der Waals surface area contributed by atoms with Gasteiger partial charge >= 0.3 is 0 Å². The van der Waals surface area contributed by atoms with Crippen molar-refractivity contribution in [3.63, 3.8) is 0 Å². The van der Waals surface area contributed by atoms with E-state index in [-0.39, 0.29) is 5.54 Å². The molecule has 1 atom stereocenters. The maximum Gasteiger partial charge on any atom is 0.0683 e. The Morgan fingerprint density at radius 2 is 1.94 bits per heavy atom. The molecule has 2 N–H and O–H groups in total. The van der Waals surface area contributed by atoms with Gasteiger partial charge in [0.1, 0.15) is 0 Å². The lowest BCUT2D eigenvalue weighted by molar-refractivity contribution is 0.478. The van der Waals surface area contributed by atoms with E-state index in [1.54, 1.807) is 6.20 Å². The molecule has 1 aliphatic carbocycles. The van der Waals surface area contributed by atoms with E-state index in [2.05, 4.69) is 35.3 Å². The molecule has 0 radical (unpaired) electrons. The quantitative estimate of drug-likeness (QED) is 0.776. The van der Waals surface area contributed by atoms with Gasteiger partial charge in [0.15, 0.2) is 0 Å². The Balaban J connectivity index is 2.16. The summed E-state index contributed by atoms with van der Waals surface area (Å²) in [6.45, 7) is 0. The van der Waals surface area contributed by atoms with Crippen LogP contribution in [0.3, 0.4) is 0 Å². The molecule has 1 heterocycles. The number of aryl methyl sites for hydroxylation is 1. The third-order valence-corrected chi connectivity index (χ3v) is 3.94. The minimum Gasteiger partial charge on any atom is -0.318 e. The lowest BCUT2D eigenvalue weighted by Crippen LogP contribution is -2.38. The summed E-state index contributed by atoms with van der Waals surface area (Å²) in [6, 6.07) is 12.6. The monoisotopic (exact) mass is 238 g/mol. The van der Waals surface area contributed by atoms with Gasteiger partial charge in [-0.15, -0.1) is 0 Å². The van der Waals surface area contributed by atoms with Crippen molar-refractivity contribution < 1.29 is 0 Å². The van der Waals surface area contributed by atoms with Crippen LogP contribution in [-0.4, -0.2) is 4.98 Å². The molecular formula is C16H18N2. The van der Waals surface area contributed by atoms with E-state index in [9.17, 15) is 0 Å². The van der Waals surface area contributed by atoms with Crippen molar-refractivity contribution in [3.8, 4) is 0 Å². The van der Waals surface area contributed by atoms with Gasteiger partial charge < -0.3 is 5.73 Å². The fourth-order valence-corrected chi connectivity index (χ4v) is 2.95. The fourth-order valence-electron chi connectivity index (χ4n) is 2.95. The van der Waals surface area contributed by atoms with E-state index in [1.165, 1.54) is 24.0 Å². The first-order valence-corrected chi connectivity index (χ1v) is 6.58. The predicted molar refractivity (Wildman–Crippen MR) is 73.2 cm³/mol. The molecule has 0 fully saturated rings. The molecule has 0 spiro atoms. The summed E-state index contributed by atoms with van der Waals surface area (Å²) < 4.78 is 0. The van der Waals surface area contributed by atoms with Crippen LogP contribution in [0.2, 0.25) is 0 Å². The van der Waals surface area contributed by atoms with Gasteiger partial charge in [0, 0.05) is 12.4 Å². The average Bonchev–Trinajstić information content (AvgIpc) is 2.61. The molecule has 1 unspecified atom stereocenters. The Bertz CT molecular complexity index is 536. The molecule has 2 heteroatoms. The SMILES string of the molecule is NC1(c2cccnc2)CCCCc2ccccc21. The Kier molecular flexibility index (Phi) is 2.88. The molecule has 0 saturated heterocycles. The number of nitrogens with two attached hydrogens (primary N) is 1. The standard InChI is InChI=1S/C16H18N2/c17-16(14-8-5-11-18-12-14)10-4-3-7-13-6-1-2-9-15(13)16/h1-2,5-6,8-9,11-12H,3-4,7,10,17H2. The number of rotatable bonds is 1. The molecule has 0 bridgehead atoms. The van der Waals surface area contributed by atoms with Crippen molar-refractivity contribution in [3.05, 3.63) is 65.5 Å². The normalized spacial score (nSPS) is 23.2. The number of hydrogen-bond donors (Lipinski definition) is 1. The van der Waals surface area contributed by atoms with Gasteiger partial charge in [-0.05, 0) is 42.0 Å². The Morgan fingerprint density at radius 3 is 2.78 bits per heavy atom. The van der Waals surface area contributed by atoms with Crippen LogP contribution >= 0.6 is 0 Å². The van der Waals surface area contributed by atoms with Crippen molar-refractivity contribution in [1.82, 2.24) is 4.98 Å². The second-order valence-corrected chi connectivity index (χ2v) is 5.08. The van der Waals surface area contributed by atoms with Gasteiger partial charge in [0.25, 0.3) is 0 Å². The second-order valence-electron chi connectivity index (χ2n) is 5.08. The van der Waals surface area contributed by atoms with Gasteiger partial charge in [0.05, 0.1) is 5.54 Å². The molecule has 92 valence electrons. The molecule has 18 heavy (non-hydrogen) atoms. The van der Waals surface area contributed by atoms with E-state index in [4.69, 9.17) is 5.73 Å². The van der Waals surface area contributed by atoms with Crippen LogP contribution in [0, 0.1) is 0 Å². The van der Waals surface area contributed by atoms with Crippen LogP contribution in [0.15, 0.2) is 48.8 Å². The predicted octanol–water partition coefficient (Wildman–Crippen LogP) is 3.01. The summed E-state index contributed by atoms with van der Waals surface area (Å²) in [7, 11) is 0. The number of nitrogens with zero attached hydrogens (tertiary/aromatic N) is 1. The van der Waals surface area contributed by atoms with Crippen molar-refractivity contribution in [1.29, 1.82) is 0 Å². The van der Waals surface area contributed by atoms with Crippen LogP contribution < -0.4 is 5.73 Å². The highest BCUT2D eigenvalue weighted by Gasteiger charge is 2.32. The van der Waals surface area contributed by atoms with Crippen LogP contribution in [0.5, 0.6) is 0 Å². The topological polar surface area (TPSA) is 38.9 Å². The third kappa shape index (κ3) is 1.83. The molecule has 2 aromatic rings. The summed E-state index contributed by atoms with van der Waals surface area (Å²) in [5.41, 5.74) is 10.2. The zero-order valence-corrected chi connectivity index (χ0v) is 10.5. The molecule has 1 aromatic heterocycles. The molecule has 1 aliphatic rings. The van der Waals surface area contributed by atoms with Crippen molar-refractivity contribution in [2.75, 3.05) is 0 Å². The van der Waals surface area contributed by atoms with E-state index >= 15 is 0 Å². The summed E-state index contributed by atoms with van der Waals surface area (Å²) in [6.07, 6.45) is 8.22. The van der Waals surface area contributed by atoms with Crippen LogP contribution in [0.25, 0.3) is 0 Å². The molecule has 2 nitrogen and oxygen atoms in total. The first kappa shape index (κ1) is 11.4. The maximum absolute atomic E-state index is 6.75. The second kappa shape index (κ2) is 4.54. The molecule has 3 rings (SSSR count). The number of fused-ring (bicyclic) bond motifs is 1. The van der Waals surface area contributed by atoms with Crippen LogP contribution in [0.1, 0.15) is 36.0 Å². The number of benzene rings is 1. The number of hydrogen-bond acceptors (Lipinski definition) is 2. The molecule has 0 amide bonds. The molecule has 0 saturated carbocycles. The van der Waals surface area contributed by atoms with E-state index in [0.29, 0.717) is 0 Å². The highest BCUT2D eigenvalue weighted by Crippen LogP contribution is 2.36. The average molecular weight is 238 g/mol. The highest BCUT2D eigenvalue weighted by atomic mass is 14.8. The lowest BCUT2D eigenvalue weighted by Gasteiger charge is -2.30. The van der Waals surface area contributed by atoms with Gasteiger partial charge in [-0.2, -0.15) is 0 Å². The number of pyridine rings is 1.